The van der Waals surface area contributed by atoms with Gasteiger partial charge in [-0.2, -0.15) is 0 Å². The minimum Gasteiger partial charge on any atom is -0.356 e. The molecule has 4 nitrogen and oxygen atoms in total. The van der Waals surface area contributed by atoms with Gasteiger partial charge in [0, 0.05) is 0 Å². The molecule has 0 aliphatic heterocycles. The average molecular weight is 233 g/mol. The highest BCUT2D eigenvalue weighted by Crippen LogP contribution is 2.11. The first kappa shape index (κ1) is 15.8. The van der Waals surface area contributed by atoms with Crippen molar-refractivity contribution < 1.29 is 14.3 Å². The molecule has 0 bridgehead atoms. The van der Waals surface area contributed by atoms with Crippen molar-refractivity contribution in [1.29, 1.82) is 0 Å². The van der Waals surface area contributed by atoms with E-state index in [1.807, 2.05) is 0 Å². The maximum absolute atomic E-state index is 8.88. The van der Waals surface area contributed by atoms with Crippen LogP contribution in [0.15, 0.2) is 0 Å². The molecule has 2 atom stereocenters. The predicted molar refractivity (Wildman–Crippen MR) is 66.7 cm³/mol. The van der Waals surface area contributed by atoms with Gasteiger partial charge in [-0.3, -0.25) is 5.73 Å². The summed E-state index contributed by atoms with van der Waals surface area (Å²) in [6, 6.07) is 0. The molecule has 0 radical (unpaired) electrons. The number of quaternary nitrogens is 1. The third-order valence-corrected chi connectivity index (χ3v) is 3.21. The summed E-state index contributed by atoms with van der Waals surface area (Å²) >= 11 is 0. The zero-order valence-electron chi connectivity index (χ0n) is 11.1. The molecule has 0 aliphatic carbocycles. The second kappa shape index (κ2) is 8.93. The molecule has 0 aromatic carbocycles. The van der Waals surface area contributed by atoms with E-state index in [2.05, 4.69) is 20.8 Å². The molecule has 0 saturated heterocycles. The Labute approximate surface area is 100.0 Å². The molecule has 16 heavy (non-hydrogen) atoms. The topological polar surface area (TPSA) is 55.5 Å². The molecule has 0 heterocycles. The summed E-state index contributed by atoms with van der Waals surface area (Å²) in [5, 5.41) is 8.88. The van der Waals surface area contributed by atoms with Gasteiger partial charge in [0.15, 0.2) is 0 Å². The minimum absolute atomic E-state index is 0.537. The number of nitrogens with zero attached hydrogens (tertiary/aromatic N) is 1. The fraction of sp³-hybridized carbons (Fsp3) is 1.00. The number of hydrogen-bond donors (Lipinski definition) is 2. The zero-order chi connectivity index (χ0) is 12.4. The van der Waals surface area contributed by atoms with Gasteiger partial charge < -0.3 is 14.3 Å². The van der Waals surface area contributed by atoms with Crippen molar-refractivity contribution in [3.8, 4) is 0 Å². The van der Waals surface area contributed by atoms with Crippen LogP contribution in [-0.4, -0.2) is 48.8 Å². The smallest absolute Gasteiger partial charge is 0.211 e. The molecular weight excluding hydrogens is 204 g/mol. The lowest BCUT2D eigenvalue weighted by Gasteiger charge is -2.37. The Morgan fingerprint density at radius 1 is 1.12 bits per heavy atom. The normalized spacial score (nSPS) is 17.1. The first-order valence-electron chi connectivity index (χ1n) is 6.50. The molecule has 0 spiro atoms. The largest absolute Gasteiger partial charge is 0.356 e. The highest BCUT2D eigenvalue weighted by Gasteiger charge is 2.23. The lowest BCUT2D eigenvalue weighted by molar-refractivity contribution is -0.927. The van der Waals surface area contributed by atoms with Crippen molar-refractivity contribution in [2.75, 3.05) is 32.8 Å². The van der Waals surface area contributed by atoms with Gasteiger partial charge in [0.2, 0.25) is 6.41 Å². The molecule has 2 unspecified atom stereocenters. The second-order valence-electron chi connectivity index (χ2n) is 4.44. The fourth-order valence-corrected chi connectivity index (χ4v) is 2.14. The van der Waals surface area contributed by atoms with Gasteiger partial charge >= 0.3 is 0 Å². The minimum atomic E-state index is -1.13. The van der Waals surface area contributed by atoms with Gasteiger partial charge in [0.05, 0.1) is 19.6 Å². The number of unbranched alkanes of at least 4 members (excludes halogenated alkanes) is 1. The van der Waals surface area contributed by atoms with E-state index < -0.39 is 6.41 Å². The van der Waals surface area contributed by atoms with Gasteiger partial charge in [-0.15, -0.1) is 0 Å². The van der Waals surface area contributed by atoms with Gasteiger partial charge in [0.25, 0.3) is 0 Å². The average Bonchev–Trinajstić information content (AvgIpc) is 2.25. The maximum Gasteiger partial charge on any atom is 0.211 e. The first-order chi connectivity index (χ1) is 7.60. The van der Waals surface area contributed by atoms with Crippen LogP contribution in [0.3, 0.4) is 0 Å². The summed E-state index contributed by atoms with van der Waals surface area (Å²) in [5.41, 5.74) is 5.16. The Morgan fingerprint density at radius 3 is 2.25 bits per heavy atom. The van der Waals surface area contributed by atoms with E-state index in [1.54, 1.807) is 0 Å². The van der Waals surface area contributed by atoms with Crippen molar-refractivity contribution in [2.45, 2.75) is 46.4 Å². The second-order valence-corrected chi connectivity index (χ2v) is 4.44. The summed E-state index contributed by atoms with van der Waals surface area (Å²) in [7, 11) is 0. The molecule has 0 aromatic heterocycles. The molecule has 0 aromatic rings. The predicted octanol–water partition coefficient (Wildman–Crippen LogP) is 1.28. The summed E-state index contributed by atoms with van der Waals surface area (Å²) in [4.78, 5) is 0. The van der Waals surface area contributed by atoms with E-state index in [1.165, 1.54) is 32.4 Å². The van der Waals surface area contributed by atoms with E-state index in [-0.39, 0.29) is 0 Å². The molecule has 3 N–H and O–H groups in total. The van der Waals surface area contributed by atoms with Crippen molar-refractivity contribution in [2.24, 2.45) is 5.73 Å². The number of hydrogen-bond acceptors (Lipinski definition) is 3. The van der Waals surface area contributed by atoms with E-state index in [4.69, 9.17) is 15.6 Å². The third kappa shape index (κ3) is 6.43. The van der Waals surface area contributed by atoms with E-state index in [0.717, 1.165) is 17.6 Å². The van der Waals surface area contributed by atoms with Crippen molar-refractivity contribution in [3.05, 3.63) is 0 Å². The van der Waals surface area contributed by atoms with Crippen LogP contribution >= 0.6 is 0 Å². The molecule has 0 saturated carbocycles. The highest BCUT2D eigenvalue weighted by molar-refractivity contribution is 4.44. The van der Waals surface area contributed by atoms with Gasteiger partial charge in [-0.05, 0) is 19.8 Å². The lowest BCUT2D eigenvalue weighted by atomic mass is 10.2. The standard InChI is InChI=1S/C12H29N2O2/c1-4-7-9-14(6-3,8-5-2)10-11-16-12(13)15/h12,15H,4-11,13H2,1-3H3/q+1. The Kier molecular flexibility index (Phi) is 8.84. The van der Waals surface area contributed by atoms with Crippen LogP contribution in [-0.2, 0) is 4.74 Å². The van der Waals surface area contributed by atoms with E-state index in [0.29, 0.717) is 6.61 Å². The van der Waals surface area contributed by atoms with Crippen LogP contribution in [0.4, 0.5) is 0 Å². The quantitative estimate of drug-likeness (QED) is 0.441. The molecule has 0 amide bonds. The molecule has 0 rings (SSSR count). The maximum atomic E-state index is 8.88. The summed E-state index contributed by atoms with van der Waals surface area (Å²) in [6.07, 6.45) is 2.53. The molecule has 4 heteroatoms. The van der Waals surface area contributed by atoms with Crippen LogP contribution in [0, 0.1) is 0 Å². The zero-order valence-corrected chi connectivity index (χ0v) is 11.1. The molecule has 0 aliphatic rings. The number of nitrogens with two attached hydrogens (primary N) is 1. The number of rotatable bonds is 10. The molecule has 98 valence electrons. The Bertz CT molecular complexity index is 165. The van der Waals surface area contributed by atoms with Crippen LogP contribution in [0.5, 0.6) is 0 Å². The number of aliphatic hydroxyl groups is 1. The fourth-order valence-electron chi connectivity index (χ4n) is 2.14. The SMILES string of the molecule is CCCC[N+](CC)(CCC)CCOC(N)O. The Morgan fingerprint density at radius 2 is 1.81 bits per heavy atom. The van der Waals surface area contributed by atoms with Crippen LogP contribution < -0.4 is 5.73 Å². The first-order valence-corrected chi connectivity index (χ1v) is 6.50. The number of ether oxygens (including phenoxy) is 1. The Balaban J connectivity index is 4.14. The number of likely N-dealkylation sites (N-methyl/N-ethyl adjacent to an activating group) is 1. The summed E-state index contributed by atoms with van der Waals surface area (Å²) < 4.78 is 6.12. The Hall–Kier alpha value is -0.160. The van der Waals surface area contributed by atoms with Crippen molar-refractivity contribution in [1.82, 2.24) is 0 Å². The van der Waals surface area contributed by atoms with Gasteiger partial charge in [0.1, 0.15) is 13.2 Å². The summed E-state index contributed by atoms with van der Waals surface area (Å²) in [6.45, 7) is 11.6. The van der Waals surface area contributed by atoms with Crippen molar-refractivity contribution >= 4 is 0 Å². The molecule has 0 fully saturated rings. The number of aliphatic hydroxyl groups excluding tert-OH is 1. The van der Waals surface area contributed by atoms with E-state index in [9.17, 15) is 0 Å². The van der Waals surface area contributed by atoms with Crippen molar-refractivity contribution in [3.63, 3.8) is 0 Å². The monoisotopic (exact) mass is 233 g/mol. The van der Waals surface area contributed by atoms with Gasteiger partial charge in [-0.1, -0.05) is 20.3 Å². The summed E-state index contributed by atoms with van der Waals surface area (Å²) in [5.74, 6) is 0. The third-order valence-electron chi connectivity index (χ3n) is 3.21. The van der Waals surface area contributed by atoms with Crippen LogP contribution in [0.2, 0.25) is 0 Å². The highest BCUT2D eigenvalue weighted by atomic mass is 16.6. The van der Waals surface area contributed by atoms with Gasteiger partial charge in [-0.25, -0.2) is 0 Å². The van der Waals surface area contributed by atoms with Crippen LogP contribution in [0.1, 0.15) is 40.0 Å². The van der Waals surface area contributed by atoms with Crippen LogP contribution in [0.25, 0.3) is 0 Å². The van der Waals surface area contributed by atoms with E-state index >= 15 is 0 Å². The lowest BCUT2D eigenvalue weighted by Crippen LogP contribution is -2.51. The molecular formula is C12H29N2O2+.